The van der Waals surface area contributed by atoms with Gasteiger partial charge in [-0.25, -0.2) is 0 Å². The molecule has 0 unspecified atom stereocenters. The number of rotatable bonds is 2. The fourth-order valence-electron chi connectivity index (χ4n) is 3.67. The van der Waals surface area contributed by atoms with Crippen molar-refractivity contribution >= 4 is 18.3 Å². The van der Waals surface area contributed by atoms with Crippen LogP contribution in [0.3, 0.4) is 0 Å². The zero-order valence-electron chi connectivity index (χ0n) is 13.8. The van der Waals surface area contributed by atoms with Crippen LogP contribution in [0.5, 0.6) is 0 Å². The van der Waals surface area contributed by atoms with Crippen molar-refractivity contribution in [3.05, 3.63) is 17.5 Å². The van der Waals surface area contributed by atoms with Crippen LogP contribution in [0.25, 0.3) is 0 Å². The summed E-state index contributed by atoms with van der Waals surface area (Å²) in [5.74, 6) is 0.438. The third-order valence-corrected chi connectivity index (χ3v) is 5.08. The van der Waals surface area contributed by atoms with Crippen LogP contribution in [0.1, 0.15) is 55.1 Å². The molecule has 1 spiro atoms. The van der Waals surface area contributed by atoms with Gasteiger partial charge in [-0.3, -0.25) is 9.48 Å². The van der Waals surface area contributed by atoms with E-state index in [-0.39, 0.29) is 24.2 Å². The highest BCUT2D eigenvalue weighted by atomic mass is 35.5. The number of carbonyl (C=O) groups is 1. The molecule has 1 amide bonds. The van der Waals surface area contributed by atoms with Crippen LogP contribution in [-0.2, 0) is 7.05 Å². The smallest absolute Gasteiger partial charge is 0.257 e. The van der Waals surface area contributed by atoms with Crippen LogP contribution in [0.15, 0.2) is 6.20 Å². The second-order valence-electron chi connectivity index (χ2n) is 6.98. The van der Waals surface area contributed by atoms with Crippen LogP contribution in [0, 0.1) is 5.41 Å². The summed E-state index contributed by atoms with van der Waals surface area (Å²) in [7, 11) is 1.89. The molecule has 2 aliphatic rings. The molecule has 3 heterocycles. The Balaban J connectivity index is 0.00000176. The quantitative estimate of drug-likeness (QED) is 0.906. The van der Waals surface area contributed by atoms with Crippen LogP contribution in [0.2, 0.25) is 0 Å². The molecule has 2 fully saturated rings. The van der Waals surface area contributed by atoms with Gasteiger partial charge in [0.25, 0.3) is 5.91 Å². The van der Waals surface area contributed by atoms with Gasteiger partial charge in [-0.05, 0) is 37.1 Å². The average molecular weight is 327 g/mol. The van der Waals surface area contributed by atoms with E-state index in [0.29, 0.717) is 5.41 Å². The van der Waals surface area contributed by atoms with E-state index in [1.807, 2.05) is 18.1 Å². The van der Waals surface area contributed by atoms with Crippen LogP contribution < -0.4 is 5.32 Å². The van der Waals surface area contributed by atoms with Crippen molar-refractivity contribution in [1.29, 1.82) is 0 Å². The molecule has 0 saturated carbocycles. The largest absolute Gasteiger partial charge is 0.338 e. The Kier molecular flexibility index (Phi) is 5.17. The number of aromatic nitrogens is 2. The first-order valence-electron chi connectivity index (χ1n) is 8.04. The summed E-state index contributed by atoms with van der Waals surface area (Å²) in [6.07, 6.45) is 5.39. The molecule has 1 aromatic rings. The summed E-state index contributed by atoms with van der Waals surface area (Å²) >= 11 is 0. The number of hydrogen-bond donors (Lipinski definition) is 1. The van der Waals surface area contributed by atoms with Gasteiger partial charge in [0.05, 0.1) is 11.3 Å². The molecule has 1 N–H and O–H groups in total. The fraction of sp³-hybridized carbons (Fsp3) is 0.750. The van der Waals surface area contributed by atoms with Crippen molar-refractivity contribution < 1.29 is 4.79 Å². The predicted molar refractivity (Wildman–Crippen MR) is 89.6 cm³/mol. The molecule has 6 heteroatoms. The highest BCUT2D eigenvalue weighted by molar-refractivity contribution is 5.95. The van der Waals surface area contributed by atoms with E-state index in [9.17, 15) is 4.79 Å². The standard InChI is InChI=1S/C16H26N4O.ClH/c1-12(2)14-13(10-19(3)18-14)15(21)20-8-5-16(6-9-20)4-7-17-11-16;/h10,12,17H,4-9,11H2,1-3H3;1H. The Hall–Kier alpha value is -1.07. The second-order valence-corrected chi connectivity index (χ2v) is 6.98. The zero-order valence-corrected chi connectivity index (χ0v) is 14.6. The van der Waals surface area contributed by atoms with Gasteiger partial charge in [0, 0.05) is 32.9 Å². The summed E-state index contributed by atoms with van der Waals surface area (Å²) in [6.45, 7) is 8.20. The maximum atomic E-state index is 12.8. The molecule has 22 heavy (non-hydrogen) atoms. The lowest BCUT2D eigenvalue weighted by Gasteiger charge is -2.38. The van der Waals surface area contributed by atoms with E-state index in [4.69, 9.17) is 0 Å². The SMILES string of the molecule is CC(C)c1nn(C)cc1C(=O)N1CCC2(CCNC2)CC1.Cl. The van der Waals surface area contributed by atoms with E-state index in [1.165, 1.54) is 6.42 Å². The molecule has 124 valence electrons. The van der Waals surface area contributed by atoms with E-state index >= 15 is 0 Å². The van der Waals surface area contributed by atoms with Gasteiger partial charge in [0.2, 0.25) is 0 Å². The second kappa shape index (κ2) is 6.59. The summed E-state index contributed by atoms with van der Waals surface area (Å²) in [4.78, 5) is 14.8. The molecule has 0 radical (unpaired) electrons. The minimum Gasteiger partial charge on any atom is -0.338 e. The minimum atomic E-state index is 0. The molecule has 0 bridgehead atoms. The lowest BCUT2D eigenvalue weighted by Crippen LogP contribution is -2.44. The van der Waals surface area contributed by atoms with E-state index in [1.54, 1.807) is 4.68 Å². The van der Waals surface area contributed by atoms with Crippen LogP contribution in [-0.4, -0.2) is 46.8 Å². The maximum Gasteiger partial charge on any atom is 0.257 e. The highest BCUT2D eigenvalue weighted by Crippen LogP contribution is 2.37. The monoisotopic (exact) mass is 326 g/mol. The number of aryl methyl sites for hydroxylation is 1. The number of halogens is 1. The highest BCUT2D eigenvalue weighted by Gasteiger charge is 2.38. The number of piperidine rings is 1. The average Bonchev–Trinajstić information content (AvgIpc) is 3.06. The number of nitrogens with zero attached hydrogens (tertiary/aromatic N) is 3. The van der Waals surface area contributed by atoms with E-state index in [0.717, 1.165) is 50.3 Å². The number of nitrogens with one attached hydrogen (secondary N) is 1. The normalized spacial score (nSPS) is 20.5. The molecule has 3 rings (SSSR count). The number of carbonyl (C=O) groups excluding carboxylic acids is 1. The van der Waals surface area contributed by atoms with Crippen molar-refractivity contribution in [3.8, 4) is 0 Å². The molecule has 5 nitrogen and oxygen atoms in total. The van der Waals surface area contributed by atoms with Gasteiger partial charge in [-0.15, -0.1) is 12.4 Å². The molecule has 0 aromatic carbocycles. The summed E-state index contributed by atoms with van der Waals surface area (Å²) in [5, 5.41) is 7.93. The van der Waals surface area contributed by atoms with Gasteiger partial charge >= 0.3 is 0 Å². The van der Waals surface area contributed by atoms with Crippen LogP contribution in [0.4, 0.5) is 0 Å². The number of amides is 1. The van der Waals surface area contributed by atoms with E-state index < -0.39 is 0 Å². The van der Waals surface area contributed by atoms with Gasteiger partial charge in [-0.1, -0.05) is 13.8 Å². The third-order valence-electron chi connectivity index (χ3n) is 5.08. The lowest BCUT2D eigenvalue weighted by atomic mass is 9.78. The zero-order chi connectivity index (χ0) is 15.0. The van der Waals surface area contributed by atoms with Gasteiger partial charge in [-0.2, -0.15) is 5.10 Å². The van der Waals surface area contributed by atoms with Gasteiger partial charge < -0.3 is 10.2 Å². The Morgan fingerprint density at radius 1 is 1.32 bits per heavy atom. The molecular weight excluding hydrogens is 300 g/mol. The van der Waals surface area contributed by atoms with Crippen molar-refractivity contribution in [2.24, 2.45) is 12.5 Å². The maximum absolute atomic E-state index is 12.8. The third kappa shape index (κ3) is 3.15. The van der Waals surface area contributed by atoms with Gasteiger partial charge in [0.15, 0.2) is 0 Å². The molecule has 1 aromatic heterocycles. The van der Waals surface area contributed by atoms with Crippen LogP contribution >= 0.6 is 12.4 Å². The summed E-state index contributed by atoms with van der Waals surface area (Å²) in [6, 6.07) is 0. The number of hydrogen-bond acceptors (Lipinski definition) is 3. The summed E-state index contributed by atoms with van der Waals surface area (Å²) in [5.41, 5.74) is 2.16. The Bertz CT molecular complexity index is 524. The lowest BCUT2D eigenvalue weighted by molar-refractivity contribution is 0.0606. The molecule has 2 aliphatic heterocycles. The molecule has 0 atom stereocenters. The Morgan fingerprint density at radius 2 is 2.00 bits per heavy atom. The predicted octanol–water partition coefficient (Wildman–Crippen LogP) is 2.18. The minimum absolute atomic E-state index is 0. The summed E-state index contributed by atoms with van der Waals surface area (Å²) < 4.78 is 1.76. The van der Waals surface area contributed by atoms with E-state index in [2.05, 4.69) is 24.3 Å². The Morgan fingerprint density at radius 3 is 2.55 bits per heavy atom. The van der Waals surface area contributed by atoms with Crippen molar-refractivity contribution in [2.45, 2.75) is 39.0 Å². The molecule has 2 saturated heterocycles. The Labute approximate surface area is 138 Å². The fourth-order valence-corrected chi connectivity index (χ4v) is 3.67. The van der Waals surface area contributed by atoms with Crippen molar-refractivity contribution in [3.63, 3.8) is 0 Å². The van der Waals surface area contributed by atoms with Crippen molar-refractivity contribution in [1.82, 2.24) is 20.0 Å². The molecule has 0 aliphatic carbocycles. The van der Waals surface area contributed by atoms with Gasteiger partial charge in [0.1, 0.15) is 0 Å². The number of likely N-dealkylation sites (tertiary alicyclic amines) is 1. The van der Waals surface area contributed by atoms with Crippen molar-refractivity contribution in [2.75, 3.05) is 26.2 Å². The first-order valence-corrected chi connectivity index (χ1v) is 8.04. The first-order chi connectivity index (χ1) is 10.0. The molecular formula is C16H27ClN4O. The topological polar surface area (TPSA) is 50.2 Å². The first kappa shape index (κ1) is 17.3.